The van der Waals surface area contributed by atoms with Crippen molar-refractivity contribution in [3.05, 3.63) is 48.3 Å². The van der Waals surface area contributed by atoms with Crippen molar-refractivity contribution in [3.63, 3.8) is 0 Å². The molecule has 5 nitrogen and oxygen atoms in total. The molecule has 168 valence electrons. The van der Waals surface area contributed by atoms with Gasteiger partial charge in [-0.2, -0.15) is 18.4 Å². The largest absolute Gasteiger partial charge is 0.490 e. The van der Waals surface area contributed by atoms with E-state index in [0.717, 1.165) is 16.9 Å². The number of imidazole rings is 1. The lowest BCUT2D eigenvalue weighted by Gasteiger charge is -2.38. The first-order valence-corrected chi connectivity index (χ1v) is 11.5. The van der Waals surface area contributed by atoms with Crippen LogP contribution in [-0.2, 0) is 0 Å². The van der Waals surface area contributed by atoms with Crippen molar-refractivity contribution in [1.29, 1.82) is 5.26 Å². The number of ether oxygens (including phenoxy) is 1. The van der Waals surface area contributed by atoms with Crippen LogP contribution < -0.4 is 10.5 Å². The third-order valence-electron chi connectivity index (χ3n) is 5.97. The van der Waals surface area contributed by atoms with E-state index in [1.807, 2.05) is 41.1 Å². The number of alkyl halides is 3. The number of aromatic nitrogens is 2. The van der Waals surface area contributed by atoms with Gasteiger partial charge in [0.2, 0.25) is 0 Å². The maximum Gasteiger partial charge on any atom is 0.391 e. The van der Waals surface area contributed by atoms with E-state index in [9.17, 15) is 18.4 Å². The van der Waals surface area contributed by atoms with E-state index in [1.54, 1.807) is 12.3 Å². The Morgan fingerprint density at radius 1 is 1.38 bits per heavy atom. The Hall–Kier alpha value is -2.70. The van der Waals surface area contributed by atoms with Crippen LogP contribution in [0.25, 0.3) is 16.9 Å². The summed E-state index contributed by atoms with van der Waals surface area (Å²) in [7, 11) is 0. The molecule has 1 fully saturated rings. The molecule has 0 saturated heterocycles. The minimum Gasteiger partial charge on any atom is -0.490 e. The van der Waals surface area contributed by atoms with Crippen LogP contribution in [0, 0.1) is 17.2 Å². The third kappa shape index (κ3) is 4.43. The molecular formula is C23H23F3N4OS. The maximum absolute atomic E-state index is 13.3. The Morgan fingerprint density at radius 2 is 2.19 bits per heavy atom. The Balaban J connectivity index is 1.66. The van der Waals surface area contributed by atoms with Crippen LogP contribution >= 0.6 is 11.8 Å². The number of nitrogens with two attached hydrogens (primary N) is 1. The SMILES string of the molecule is CSc1cc(-c2cnc3ccccn23)cc(OC[C@@]2(N)CCC[C@H](C(F)(F)F)C2)c1C#N. The molecule has 2 aromatic heterocycles. The Morgan fingerprint density at radius 3 is 2.91 bits per heavy atom. The van der Waals surface area contributed by atoms with Gasteiger partial charge >= 0.3 is 6.18 Å². The number of rotatable bonds is 5. The highest BCUT2D eigenvalue weighted by molar-refractivity contribution is 7.98. The van der Waals surface area contributed by atoms with Gasteiger partial charge in [0.15, 0.2) is 0 Å². The van der Waals surface area contributed by atoms with Gasteiger partial charge in [-0.15, -0.1) is 11.8 Å². The molecule has 2 atom stereocenters. The average molecular weight is 461 g/mol. The molecule has 0 radical (unpaired) electrons. The van der Waals surface area contributed by atoms with Crippen LogP contribution in [0.4, 0.5) is 13.2 Å². The highest BCUT2D eigenvalue weighted by Crippen LogP contribution is 2.42. The first-order valence-electron chi connectivity index (χ1n) is 10.3. The zero-order chi connectivity index (χ0) is 22.9. The van der Waals surface area contributed by atoms with Gasteiger partial charge in [-0.25, -0.2) is 4.98 Å². The van der Waals surface area contributed by atoms with Gasteiger partial charge in [0.1, 0.15) is 29.6 Å². The summed E-state index contributed by atoms with van der Waals surface area (Å²) in [6.07, 6.45) is 1.98. The van der Waals surface area contributed by atoms with E-state index >= 15 is 0 Å². The molecule has 0 spiro atoms. The molecule has 0 bridgehead atoms. The summed E-state index contributed by atoms with van der Waals surface area (Å²) in [5.41, 5.74) is 7.99. The lowest BCUT2D eigenvalue weighted by molar-refractivity contribution is -0.188. The van der Waals surface area contributed by atoms with Crippen molar-refractivity contribution in [2.45, 2.75) is 42.3 Å². The number of hydrogen-bond acceptors (Lipinski definition) is 5. The molecule has 2 heterocycles. The molecule has 3 aromatic rings. The summed E-state index contributed by atoms with van der Waals surface area (Å²) in [6.45, 7) is -0.0846. The van der Waals surface area contributed by atoms with E-state index in [1.165, 1.54) is 11.8 Å². The van der Waals surface area contributed by atoms with Crippen molar-refractivity contribution in [1.82, 2.24) is 9.38 Å². The number of hydrogen-bond donors (Lipinski definition) is 1. The number of nitriles is 1. The third-order valence-corrected chi connectivity index (χ3v) is 6.73. The number of pyridine rings is 1. The number of thioether (sulfide) groups is 1. The Labute approximate surface area is 188 Å². The zero-order valence-electron chi connectivity index (χ0n) is 17.5. The highest BCUT2D eigenvalue weighted by atomic mass is 32.2. The minimum atomic E-state index is -4.27. The second-order valence-corrected chi connectivity index (χ2v) is 9.07. The van der Waals surface area contributed by atoms with Crippen molar-refractivity contribution >= 4 is 17.4 Å². The van der Waals surface area contributed by atoms with Gasteiger partial charge < -0.3 is 10.5 Å². The van der Waals surface area contributed by atoms with Gasteiger partial charge in [-0.05, 0) is 49.8 Å². The van der Waals surface area contributed by atoms with Crippen LogP contribution in [0.5, 0.6) is 5.75 Å². The molecule has 4 rings (SSSR count). The lowest BCUT2D eigenvalue weighted by Crippen LogP contribution is -2.51. The molecule has 1 aliphatic rings. The van der Waals surface area contributed by atoms with Crippen LogP contribution in [-0.4, -0.2) is 34.0 Å². The predicted molar refractivity (Wildman–Crippen MR) is 118 cm³/mol. The van der Waals surface area contributed by atoms with E-state index < -0.39 is 17.6 Å². The van der Waals surface area contributed by atoms with Crippen LogP contribution in [0.3, 0.4) is 0 Å². The second kappa shape index (κ2) is 8.68. The zero-order valence-corrected chi connectivity index (χ0v) is 18.3. The van der Waals surface area contributed by atoms with Gasteiger partial charge in [0.05, 0.1) is 23.3 Å². The molecule has 0 aliphatic heterocycles. The molecule has 1 saturated carbocycles. The molecule has 2 N–H and O–H groups in total. The fourth-order valence-electron chi connectivity index (χ4n) is 4.30. The van der Waals surface area contributed by atoms with Gasteiger partial charge in [-0.3, -0.25) is 4.40 Å². The molecule has 32 heavy (non-hydrogen) atoms. The van der Waals surface area contributed by atoms with Crippen LogP contribution in [0.1, 0.15) is 31.2 Å². The fraction of sp³-hybridized carbons (Fsp3) is 0.391. The molecule has 0 amide bonds. The molecular weight excluding hydrogens is 437 g/mol. The summed E-state index contributed by atoms with van der Waals surface area (Å²) in [5.74, 6) is -1.11. The van der Waals surface area contributed by atoms with Crippen LogP contribution in [0.15, 0.2) is 47.6 Å². The van der Waals surface area contributed by atoms with Crippen molar-refractivity contribution in [3.8, 4) is 23.1 Å². The quantitative estimate of drug-likeness (QED) is 0.514. The summed E-state index contributed by atoms with van der Waals surface area (Å²) in [5, 5.41) is 9.73. The van der Waals surface area contributed by atoms with Gasteiger partial charge in [0.25, 0.3) is 0 Å². The van der Waals surface area contributed by atoms with E-state index in [-0.39, 0.29) is 19.4 Å². The van der Waals surface area contributed by atoms with E-state index in [0.29, 0.717) is 29.1 Å². The fourth-order valence-corrected chi connectivity index (χ4v) is 4.89. The van der Waals surface area contributed by atoms with E-state index in [4.69, 9.17) is 10.5 Å². The second-order valence-electron chi connectivity index (χ2n) is 8.22. The number of benzene rings is 1. The summed E-state index contributed by atoms with van der Waals surface area (Å²) < 4.78 is 47.7. The summed E-state index contributed by atoms with van der Waals surface area (Å²) in [6, 6.07) is 11.5. The number of fused-ring (bicyclic) bond motifs is 1. The lowest BCUT2D eigenvalue weighted by atomic mass is 9.76. The van der Waals surface area contributed by atoms with Crippen LogP contribution in [0.2, 0.25) is 0 Å². The van der Waals surface area contributed by atoms with Crippen molar-refractivity contribution in [2.24, 2.45) is 11.7 Å². The first kappa shape index (κ1) is 22.5. The highest BCUT2D eigenvalue weighted by Gasteiger charge is 2.46. The smallest absolute Gasteiger partial charge is 0.391 e. The van der Waals surface area contributed by atoms with Gasteiger partial charge in [0, 0.05) is 16.7 Å². The normalized spacial score (nSPS) is 21.4. The predicted octanol–water partition coefficient (Wildman–Crippen LogP) is 5.42. The summed E-state index contributed by atoms with van der Waals surface area (Å²) in [4.78, 5) is 5.12. The number of nitrogens with zero attached hydrogens (tertiary/aromatic N) is 3. The first-order chi connectivity index (χ1) is 15.2. The molecule has 1 aromatic carbocycles. The minimum absolute atomic E-state index is 0.0846. The van der Waals surface area contributed by atoms with Crippen molar-refractivity contribution < 1.29 is 17.9 Å². The molecule has 1 aliphatic carbocycles. The maximum atomic E-state index is 13.3. The Bertz CT molecular complexity index is 1170. The monoisotopic (exact) mass is 460 g/mol. The standard InChI is InChI=1S/C23H23F3N4OS/c1-32-20-10-15(18-13-29-21-6-2-3-8-30(18)21)9-19(17(20)12-27)31-14-22(28)7-4-5-16(11-22)23(24,25)26/h2-3,6,8-10,13,16H,4-5,7,11,14,28H2,1H3/t16-,22+/m0/s1. The average Bonchev–Trinajstić information content (AvgIpc) is 3.20. The molecule has 9 heteroatoms. The Kier molecular flexibility index (Phi) is 6.10. The topological polar surface area (TPSA) is 76.3 Å². The van der Waals surface area contributed by atoms with E-state index in [2.05, 4.69) is 11.1 Å². The van der Waals surface area contributed by atoms with Crippen molar-refractivity contribution in [2.75, 3.05) is 12.9 Å². The van der Waals surface area contributed by atoms with Gasteiger partial charge in [-0.1, -0.05) is 12.5 Å². The molecule has 0 unspecified atom stereocenters. The number of halogens is 3. The summed E-state index contributed by atoms with van der Waals surface area (Å²) >= 11 is 1.40.